The molecular weight excluding hydrogens is 445 g/mol. The van der Waals surface area contributed by atoms with Crippen molar-refractivity contribution >= 4 is 17.6 Å². The summed E-state index contributed by atoms with van der Waals surface area (Å²) in [6.45, 7) is 0. The average Bonchev–Trinajstić information content (AvgIpc) is 3.19. The molecule has 1 unspecified atom stereocenters. The topological polar surface area (TPSA) is 63.2 Å². The molecule has 2 amide bonds. The molecule has 1 aliphatic rings. The second kappa shape index (κ2) is 9.67. The Morgan fingerprint density at radius 1 is 1.19 bits per heavy atom. The number of rotatable bonds is 7. The molecule has 0 bridgehead atoms. The molecule has 2 N–H and O–H groups in total. The molecule has 1 aromatic heterocycles. The minimum absolute atomic E-state index is 0.0186. The monoisotopic (exact) mass is 463 g/mol. The number of pyridine rings is 1. The lowest BCUT2D eigenvalue weighted by Gasteiger charge is -2.22. The predicted molar refractivity (Wildman–Crippen MR) is 103 cm³/mol. The molecule has 1 heterocycles. The smallest absolute Gasteiger partial charge is 0.428 e. The normalized spacial score (nSPS) is 15.7. The zero-order valence-corrected chi connectivity index (χ0v) is 16.8. The fourth-order valence-corrected chi connectivity index (χ4v) is 3.44. The number of nitrogens with one attached hydrogen (secondary N) is 2. The Balaban J connectivity index is 1.90. The molecule has 31 heavy (non-hydrogen) atoms. The highest BCUT2D eigenvalue weighted by Gasteiger charge is 2.44. The molecule has 1 atom stereocenters. The molecule has 0 spiro atoms. The Hall–Kier alpha value is -2.62. The van der Waals surface area contributed by atoms with E-state index < -0.39 is 36.2 Å². The van der Waals surface area contributed by atoms with Crippen LogP contribution in [-0.4, -0.2) is 29.6 Å². The van der Waals surface area contributed by atoms with Crippen LogP contribution in [0.3, 0.4) is 0 Å². The van der Waals surface area contributed by atoms with Crippen LogP contribution in [0.15, 0.2) is 36.5 Å². The number of nitrogens with zero attached hydrogens (tertiary/aromatic N) is 1. The van der Waals surface area contributed by atoms with Crippen LogP contribution in [-0.2, 0) is 0 Å². The van der Waals surface area contributed by atoms with E-state index in [0.29, 0.717) is 11.1 Å². The second-order valence-corrected chi connectivity index (χ2v) is 7.55. The standard InChI is InChI=1S/C20H19ClF5N3O2/c21-12-5-6-16(27-10-12)17(29-19(30)28-14-3-1-2-4-14)11-7-13(22)9-15(8-11)31-20(25,26)18(23)24/h5-10,14,17-18H,1-4H2,(H2,28,29,30). The average molecular weight is 464 g/mol. The van der Waals surface area contributed by atoms with Gasteiger partial charge in [-0.2, -0.15) is 17.6 Å². The number of benzene rings is 1. The van der Waals surface area contributed by atoms with Gasteiger partial charge in [0.15, 0.2) is 0 Å². The Morgan fingerprint density at radius 3 is 2.52 bits per heavy atom. The van der Waals surface area contributed by atoms with Gasteiger partial charge in [-0.3, -0.25) is 4.98 Å². The Bertz CT molecular complexity index is 908. The third-order valence-electron chi connectivity index (χ3n) is 4.75. The summed E-state index contributed by atoms with van der Waals surface area (Å²) >= 11 is 5.84. The maximum Gasteiger partial charge on any atom is 0.461 e. The highest BCUT2D eigenvalue weighted by Crippen LogP contribution is 2.31. The first-order valence-electron chi connectivity index (χ1n) is 9.48. The summed E-state index contributed by atoms with van der Waals surface area (Å²) < 4.78 is 69.7. The van der Waals surface area contributed by atoms with Gasteiger partial charge in [-0.25, -0.2) is 9.18 Å². The van der Waals surface area contributed by atoms with Crippen LogP contribution in [0.5, 0.6) is 5.75 Å². The van der Waals surface area contributed by atoms with Gasteiger partial charge < -0.3 is 15.4 Å². The number of hydrogen-bond donors (Lipinski definition) is 2. The van der Waals surface area contributed by atoms with E-state index >= 15 is 0 Å². The van der Waals surface area contributed by atoms with E-state index in [1.165, 1.54) is 18.3 Å². The van der Waals surface area contributed by atoms with Crippen LogP contribution in [0.4, 0.5) is 26.7 Å². The van der Waals surface area contributed by atoms with Gasteiger partial charge >= 0.3 is 18.6 Å². The summed E-state index contributed by atoms with van der Waals surface area (Å²) in [5, 5.41) is 5.72. The van der Waals surface area contributed by atoms with Gasteiger partial charge in [0.25, 0.3) is 0 Å². The van der Waals surface area contributed by atoms with Crippen molar-refractivity contribution in [2.45, 2.75) is 50.3 Å². The number of halogens is 6. The van der Waals surface area contributed by atoms with E-state index in [4.69, 9.17) is 11.6 Å². The summed E-state index contributed by atoms with van der Waals surface area (Å²) in [4.78, 5) is 16.6. The third-order valence-corrected chi connectivity index (χ3v) is 4.97. The van der Waals surface area contributed by atoms with E-state index in [1.54, 1.807) is 0 Å². The molecule has 0 radical (unpaired) electrons. The molecule has 5 nitrogen and oxygen atoms in total. The van der Waals surface area contributed by atoms with Crippen molar-refractivity contribution < 1.29 is 31.5 Å². The van der Waals surface area contributed by atoms with E-state index in [1.807, 2.05) is 0 Å². The second-order valence-electron chi connectivity index (χ2n) is 7.12. The van der Waals surface area contributed by atoms with Crippen molar-refractivity contribution in [3.63, 3.8) is 0 Å². The zero-order valence-electron chi connectivity index (χ0n) is 16.1. The highest BCUT2D eigenvalue weighted by atomic mass is 35.5. The van der Waals surface area contributed by atoms with Crippen LogP contribution >= 0.6 is 11.6 Å². The lowest BCUT2D eigenvalue weighted by molar-refractivity contribution is -0.253. The maximum atomic E-state index is 14.1. The van der Waals surface area contributed by atoms with Gasteiger partial charge in [0, 0.05) is 18.3 Å². The van der Waals surface area contributed by atoms with E-state index in [2.05, 4.69) is 20.4 Å². The Morgan fingerprint density at radius 2 is 1.90 bits per heavy atom. The molecule has 11 heteroatoms. The summed E-state index contributed by atoms with van der Waals surface area (Å²) in [5.41, 5.74) is 0.194. The first-order chi connectivity index (χ1) is 14.6. The van der Waals surface area contributed by atoms with Crippen molar-refractivity contribution in [1.82, 2.24) is 15.6 Å². The van der Waals surface area contributed by atoms with Crippen molar-refractivity contribution in [3.8, 4) is 5.75 Å². The number of hydrogen-bond acceptors (Lipinski definition) is 3. The molecule has 3 rings (SSSR count). The van der Waals surface area contributed by atoms with E-state index in [0.717, 1.165) is 37.8 Å². The molecule has 0 aliphatic heterocycles. The highest BCUT2D eigenvalue weighted by molar-refractivity contribution is 6.30. The molecule has 1 aliphatic carbocycles. The fraction of sp³-hybridized carbons (Fsp3) is 0.400. The Kier molecular flexibility index (Phi) is 7.19. The number of urea groups is 1. The molecule has 0 saturated heterocycles. The maximum absolute atomic E-state index is 14.1. The number of carbonyl (C=O) groups is 1. The summed E-state index contributed by atoms with van der Waals surface area (Å²) in [6, 6.07) is 3.72. The fourth-order valence-electron chi connectivity index (χ4n) is 3.33. The first-order valence-corrected chi connectivity index (χ1v) is 9.86. The van der Waals surface area contributed by atoms with E-state index in [9.17, 15) is 26.7 Å². The van der Waals surface area contributed by atoms with E-state index in [-0.39, 0.29) is 17.3 Å². The number of amides is 2. The number of alkyl halides is 4. The number of aromatic nitrogens is 1. The van der Waals surface area contributed by atoms with Crippen molar-refractivity contribution in [1.29, 1.82) is 0 Å². The minimum Gasteiger partial charge on any atom is -0.428 e. The lowest BCUT2D eigenvalue weighted by atomic mass is 10.0. The van der Waals surface area contributed by atoms with Gasteiger partial charge in [-0.15, -0.1) is 0 Å². The van der Waals surface area contributed by atoms with Gasteiger partial charge in [0.05, 0.1) is 16.8 Å². The molecule has 1 aromatic carbocycles. The molecule has 168 valence electrons. The predicted octanol–water partition coefficient (Wildman–Crippen LogP) is 5.44. The van der Waals surface area contributed by atoms with Crippen LogP contribution in [0.25, 0.3) is 0 Å². The SMILES string of the molecule is O=C(NC1CCCC1)NC(c1cc(F)cc(OC(F)(F)C(F)F)c1)c1ccc(Cl)cn1. The van der Waals surface area contributed by atoms with Crippen molar-refractivity contribution in [2.75, 3.05) is 0 Å². The third kappa shape index (κ3) is 6.19. The largest absolute Gasteiger partial charge is 0.461 e. The summed E-state index contributed by atoms with van der Waals surface area (Å²) in [7, 11) is 0. The summed E-state index contributed by atoms with van der Waals surface area (Å²) in [6.07, 6.45) is -4.03. The molecule has 2 aromatic rings. The minimum atomic E-state index is -4.81. The quantitative estimate of drug-likeness (QED) is 0.537. The van der Waals surface area contributed by atoms with Crippen molar-refractivity contribution in [2.24, 2.45) is 0 Å². The lowest BCUT2D eigenvalue weighted by Crippen LogP contribution is -2.43. The number of carbonyl (C=O) groups excluding carboxylic acids is 1. The van der Waals surface area contributed by atoms with Crippen LogP contribution in [0, 0.1) is 5.82 Å². The van der Waals surface area contributed by atoms with Gasteiger partial charge in [0.2, 0.25) is 0 Å². The first kappa shape index (κ1) is 23.1. The molecular formula is C20H19ClF5N3O2. The number of ether oxygens (including phenoxy) is 1. The van der Waals surface area contributed by atoms with Crippen LogP contribution in [0.1, 0.15) is 43.0 Å². The molecule has 1 saturated carbocycles. The van der Waals surface area contributed by atoms with Crippen LogP contribution < -0.4 is 15.4 Å². The Labute approximate surface area is 179 Å². The zero-order chi connectivity index (χ0) is 22.6. The molecule has 1 fully saturated rings. The van der Waals surface area contributed by atoms with Gasteiger partial charge in [-0.1, -0.05) is 24.4 Å². The van der Waals surface area contributed by atoms with Gasteiger partial charge in [0.1, 0.15) is 11.6 Å². The van der Waals surface area contributed by atoms with Gasteiger partial charge in [-0.05, 0) is 42.7 Å². The van der Waals surface area contributed by atoms with Crippen molar-refractivity contribution in [3.05, 3.63) is 58.6 Å². The van der Waals surface area contributed by atoms with Crippen LogP contribution in [0.2, 0.25) is 5.02 Å². The summed E-state index contributed by atoms with van der Waals surface area (Å²) in [5.74, 6) is -1.84.